The number of nitrogens with zero attached hydrogens (tertiary/aromatic N) is 3. The van der Waals surface area contributed by atoms with Gasteiger partial charge in [-0.15, -0.1) is 0 Å². The predicted octanol–water partition coefficient (Wildman–Crippen LogP) is 2.76. The van der Waals surface area contributed by atoms with Crippen molar-refractivity contribution < 1.29 is 5.11 Å². The van der Waals surface area contributed by atoms with E-state index in [0.29, 0.717) is 0 Å². The third kappa shape index (κ3) is 2.45. The molecule has 2 heterocycles. The summed E-state index contributed by atoms with van der Waals surface area (Å²) in [7, 11) is 0. The molecule has 1 aromatic carbocycles. The second-order valence-corrected chi connectivity index (χ2v) is 6.05. The molecule has 3 rings (SSSR count). The van der Waals surface area contributed by atoms with Crippen LogP contribution in [0.5, 0.6) is 0 Å². The van der Waals surface area contributed by atoms with E-state index in [4.69, 9.17) is 0 Å². The molecule has 0 fully saturated rings. The van der Waals surface area contributed by atoms with Crippen LogP contribution in [0.3, 0.4) is 0 Å². The van der Waals surface area contributed by atoms with Gasteiger partial charge in [-0.2, -0.15) is 5.10 Å². The first-order chi connectivity index (χ1) is 9.86. The average Bonchev–Trinajstić information content (AvgIpc) is 2.78. The molecule has 0 radical (unpaired) electrons. The number of rotatable bonds is 3. The van der Waals surface area contributed by atoms with Gasteiger partial charge in [0.25, 0.3) is 0 Å². The molecule has 3 aromatic rings. The summed E-state index contributed by atoms with van der Waals surface area (Å²) in [4.78, 5) is 4.66. The minimum Gasteiger partial charge on any atom is -0.388 e. The fourth-order valence-electron chi connectivity index (χ4n) is 2.27. The Balaban J connectivity index is 2.20. The minimum absolute atomic E-state index is 0.125. The molecule has 0 bridgehead atoms. The summed E-state index contributed by atoms with van der Waals surface area (Å²) in [6, 6.07) is 9.83. The molecule has 0 amide bonds. The zero-order chi connectivity index (χ0) is 15.2. The molecule has 0 aliphatic carbocycles. The van der Waals surface area contributed by atoms with Crippen LogP contribution in [0, 0.1) is 6.92 Å². The fraction of sp³-hybridized carbons (Fsp3) is 0.375. The molecule has 5 heteroatoms. The lowest BCUT2D eigenvalue weighted by molar-refractivity contribution is 0.0648. The number of hydrogen-bond acceptors (Lipinski definition) is 4. The molecule has 0 spiro atoms. The largest absolute Gasteiger partial charge is 0.388 e. The van der Waals surface area contributed by atoms with Crippen molar-refractivity contribution in [3.05, 3.63) is 36.0 Å². The van der Waals surface area contributed by atoms with E-state index in [-0.39, 0.29) is 6.04 Å². The van der Waals surface area contributed by atoms with Crippen LogP contribution in [-0.4, -0.2) is 31.3 Å². The number of fused-ring (bicyclic) bond motifs is 3. The van der Waals surface area contributed by atoms with Crippen molar-refractivity contribution in [2.45, 2.75) is 39.3 Å². The van der Waals surface area contributed by atoms with Crippen LogP contribution < -0.4 is 5.32 Å². The molecule has 0 aliphatic rings. The Morgan fingerprint density at radius 2 is 2.00 bits per heavy atom. The Morgan fingerprint density at radius 3 is 2.71 bits per heavy atom. The third-order valence-corrected chi connectivity index (χ3v) is 3.84. The normalized spacial score (nSPS) is 13.8. The molecule has 0 unspecified atom stereocenters. The van der Waals surface area contributed by atoms with Crippen LogP contribution >= 0.6 is 0 Å². The van der Waals surface area contributed by atoms with Crippen LogP contribution in [0.25, 0.3) is 16.6 Å². The first-order valence-electron chi connectivity index (χ1n) is 7.10. The van der Waals surface area contributed by atoms with Gasteiger partial charge in [-0.25, -0.2) is 9.50 Å². The standard InChI is InChI=1S/C16H20N4O/c1-10-9-14-18-15(17-11(2)16(3,4)21)12-7-5-6-8-13(12)20(14)19-10/h5-9,11,21H,1-4H3,(H,17,18)/t11-/m0/s1. The van der Waals surface area contributed by atoms with Crippen molar-refractivity contribution in [2.75, 3.05) is 5.32 Å². The van der Waals surface area contributed by atoms with Crippen LogP contribution in [-0.2, 0) is 0 Å². The van der Waals surface area contributed by atoms with Gasteiger partial charge in [0.2, 0.25) is 0 Å². The number of para-hydroxylation sites is 1. The van der Waals surface area contributed by atoms with Crippen LogP contribution in [0.4, 0.5) is 5.82 Å². The van der Waals surface area contributed by atoms with Crippen molar-refractivity contribution in [3.8, 4) is 0 Å². The molecule has 21 heavy (non-hydrogen) atoms. The van der Waals surface area contributed by atoms with Gasteiger partial charge in [0.1, 0.15) is 5.82 Å². The first kappa shape index (κ1) is 13.8. The molecule has 5 nitrogen and oxygen atoms in total. The lowest BCUT2D eigenvalue weighted by atomic mass is 10.0. The number of aliphatic hydroxyl groups is 1. The number of benzene rings is 1. The lowest BCUT2D eigenvalue weighted by Gasteiger charge is -2.27. The quantitative estimate of drug-likeness (QED) is 0.776. The minimum atomic E-state index is -0.828. The second kappa shape index (κ2) is 4.70. The zero-order valence-electron chi connectivity index (χ0n) is 12.8. The summed E-state index contributed by atoms with van der Waals surface area (Å²) in [5.74, 6) is 0.771. The average molecular weight is 284 g/mol. The van der Waals surface area contributed by atoms with Crippen molar-refractivity contribution in [1.82, 2.24) is 14.6 Å². The van der Waals surface area contributed by atoms with E-state index < -0.39 is 5.60 Å². The van der Waals surface area contributed by atoms with Crippen LogP contribution in [0.1, 0.15) is 26.5 Å². The van der Waals surface area contributed by atoms with Crippen molar-refractivity contribution in [2.24, 2.45) is 0 Å². The Kier molecular flexibility index (Phi) is 3.10. The predicted molar refractivity (Wildman–Crippen MR) is 84.6 cm³/mol. The molecule has 0 saturated heterocycles. The molecule has 0 saturated carbocycles. The molecule has 0 aliphatic heterocycles. The number of anilines is 1. The van der Waals surface area contributed by atoms with E-state index in [1.165, 1.54) is 0 Å². The molecule has 2 aromatic heterocycles. The summed E-state index contributed by atoms with van der Waals surface area (Å²) in [5.41, 5.74) is 1.91. The SMILES string of the molecule is Cc1cc2nc(N[C@@H](C)C(C)(C)O)c3ccccc3n2n1. The van der Waals surface area contributed by atoms with E-state index in [9.17, 15) is 5.11 Å². The summed E-state index contributed by atoms with van der Waals surface area (Å²) in [5, 5.41) is 18.9. The number of nitrogens with one attached hydrogen (secondary N) is 1. The van der Waals surface area contributed by atoms with Gasteiger partial charge in [-0.1, -0.05) is 12.1 Å². The van der Waals surface area contributed by atoms with Gasteiger partial charge in [-0.3, -0.25) is 0 Å². The zero-order valence-corrected chi connectivity index (χ0v) is 12.8. The highest BCUT2D eigenvalue weighted by Crippen LogP contribution is 2.25. The van der Waals surface area contributed by atoms with E-state index >= 15 is 0 Å². The van der Waals surface area contributed by atoms with Gasteiger partial charge < -0.3 is 10.4 Å². The Morgan fingerprint density at radius 1 is 1.29 bits per heavy atom. The van der Waals surface area contributed by atoms with E-state index in [1.54, 1.807) is 13.8 Å². The van der Waals surface area contributed by atoms with Gasteiger partial charge in [-0.05, 0) is 39.8 Å². The van der Waals surface area contributed by atoms with E-state index in [2.05, 4.69) is 15.4 Å². The van der Waals surface area contributed by atoms with Gasteiger partial charge >= 0.3 is 0 Å². The highest BCUT2D eigenvalue weighted by Gasteiger charge is 2.23. The topological polar surface area (TPSA) is 62.5 Å². The number of aryl methyl sites for hydroxylation is 1. The summed E-state index contributed by atoms with van der Waals surface area (Å²) in [6.45, 7) is 7.47. The molecule has 110 valence electrons. The first-order valence-corrected chi connectivity index (χ1v) is 7.10. The highest BCUT2D eigenvalue weighted by atomic mass is 16.3. The molecule has 1 atom stereocenters. The second-order valence-electron chi connectivity index (χ2n) is 6.05. The molecule has 2 N–H and O–H groups in total. The van der Waals surface area contributed by atoms with Crippen molar-refractivity contribution >= 4 is 22.4 Å². The maximum atomic E-state index is 10.1. The number of hydrogen-bond donors (Lipinski definition) is 2. The monoisotopic (exact) mass is 284 g/mol. The summed E-state index contributed by atoms with van der Waals surface area (Å²) < 4.78 is 1.85. The maximum absolute atomic E-state index is 10.1. The maximum Gasteiger partial charge on any atom is 0.158 e. The Hall–Kier alpha value is -2.14. The van der Waals surface area contributed by atoms with Crippen LogP contribution in [0.15, 0.2) is 30.3 Å². The highest BCUT2D eigenvalue weighted by molar-refractivity contribution is 5.91. The van der Waals surface area contributed by atoms with Gasteiger partial charge in [0, 0.05) is 11.5 Å². The van der Waals surface area contributed by atoms with Crippen molar-refractivity contribution in [1.29, 1.82) is 0 Å². The molecular formula is C16H20N4O. The third-order valence-electron chi connectivity index (χ3n) is 3.84. The van der Waals surface area contributed by atoms with E-state index in [0.717, 1.165) is 28.1 Å². The molecular weight excluding hydrogens is 264 g/mol. The Labute approximate surface area is 123 Å². The Bertz CT molecular complexity index is 801. The van der Waals surface area contributed by atoms with Gasteiger partial charge in [0.15, 0.2) is 5.65 Å². The summed E-state index contributed by atoms with van der Waals surface area (Å²) in [6.07, 6.45) is 0. The fourth-order valence-corrected chi connectivity index (χ4v) is 2.27. The van der Waals surface area contributed by atoms with Crippen molar-refractivity contribution in [3.63, 3.8) is 0 Å². The number of aromatic nitrogens is 3. The van der Waals surface area contributed by atoms with E-state index in [1.807, 2.05) is 48.7 Å². The van der Waals surface area contributed by atoms with Crippen LogP contribution in [0.2, 0.25) is 0 Å². The smallest absolute Gasteiger partial charge is 0.158 e. The lowest BCUT2D eigenvalue weighted by Crippen LogP contribution is -2.39. The van der Waals surface area contributed by atoms with Gasteiger partial charge in [0.05, 0.1) is 22.9 Å². The summed E-state index contributed by atoms with van der Waals surface area (Å²) >= 11 is 0.